The highest BCUT2D eigenvalue weighted by Gasteiger charge is 2.24. The van der Waals surface area contributed by atoms with Crippen LogP contribution in [0.3, 0.4) is 0 Å². The number of carbonyl (C=O) groups is 1. The lowest BCUT2D eigenvalue weighted by Crippen LogP contribution is -2.21. The van der Waals surface area contributed by atoms with E-state index >= 15 is 0 Å². The Morgan fingerprint density at radius 2 is 2.10 bits per heavy atom. The van der Waals surface area contributed by atoms with E-state index in [1.54, 1.807) is 12.4 Å². The van der Waals surface area contributed by atoms with E-state index in [0.29, 0.717) is 11.5 Å². The van der Waals surface area contributed by atoms with Crippen molar-refractivity contribution in [3.8, 4) is 11.5 Å². The fraction of sp³-hybridized carbons (Fsp3) is 0.500. The number of aromatic nitrogens is 6. The molecule has 1 atom stereocenters. The Balaban J connectivity index is 2.40. The molecule has 0 saturated carbocycles. The third-order valence-electron chi connectivity index (χ3n) is 2.97. The molecule has 0 aliphatic carbocycles. The molecule has 0 amide bonds. The maximum absolute atomic E-state index is 11.0. The second kappa shape index (κ2) is 5.72. The van der Waals surface area contributed by atoms with Crippen LogP contribution in [-0.4, -0.2) is 41.3 Å². The highest BCUT2D eigenvalue weighted by molar-refractivity contribution is 5.67. The van der Waals surface area contributed by atoms with Crippen molar-refractivity contribution >= 4 is 5.97 Å². The van der Waals surface area contributed by atoms with Crippen LogP contribution in [0.2, 0.25) is 0 Å². The molecule has 2 aromatic heterocycles. The van der Waals surface area contributed by atoms with E-state index in [9.17, 15) is 4.79 Å². The van der Waals surface area contributed by atoms with E-state index in [-0.39, 0.29) is 18.4 Å². The van der Waals surface area contributed by atoms with Gasteiger partial charge in [0.25, 0.3) is 0 Å². The molecule has 8 heteroatoms. The van der Waals surface area contributed by atoms with Crippen molar-refractivity contribution < 1.29 is 9.90 Å². The largest absolute Gasteiger partial charge is 0.481 e. The lowest BCUT2D eigenvalue weighted by molar-refractivity contribution is -0.138. The number of hydrogen-bond acceptors (Lipinski definition) is 6. The molecule has 2 aromatic rings. The van der Waals surface area contributed by atoms with Gasteiger partial charge in [-0.15, -0.1) is 5.10 Å². The Morgan fingerprint density at radius 1 is 1.35 bits per heavy atom. The summed E-state index contributed by atoms with van der Waals surface area (Å²) in [5.74, 6) is -0.385. The third-order valence-corrected chi connectivity index (χ3v) is 2.97. The van der Waals surface area contributed by atoms with E-state index < -0.39 is 5.97 Å². The second-order valence-corrected chi connectivity index (χ2v) is 4.90. The van der Waals surface area contributed by atoms with E-state index in [1.807, 2.05) is 20.8 Å². The molecule has 0 fully saturated rings. The molecule has 20 heavy (non-hydrogen) atoms. The van der Waals surface area contributed by atoms with Gasteiger partial charge in [0.2, 0.25) is 5.82 Å². The standard InChI is InChI=1S/C12H16N6O2/c1-7(2)10(4-11(19)20)18-12(15-16-17-18)9-6-13-8(3)5-14-9/h5-7,10H,4H2,1-3H3,(H,19,20). The van der Waals surface area contributed by atoms with Gasteiger partial charge in [0.1, 0.15) is 5.69 Å². The van der Waals surface area contributed by atoms with E-state index in [0.717, 1.165) is 5.69 Å². The van der Waals surface area contributed by atoms with Crippen molar-refractivity contribution in [2.75, 3.05) is 0 Å². The quantitative estimate of drug-likeness (QED) is 0.871. The average molecular weight is 276 g/mol. The summed E-state index contributed by atoms with van der Waals surface area (Å²) in [6.07, 6.45) is 3.15. The molecule has 8 nitrogen and oxygen atoms in total. The van der Waals surface area contributed by atoms with Crippen molar-refractivity contribution in [1.29, 1.82) is 0 Å². The molecule has 2 rings (SSSR count). The average Bonchev–Trinajstić information content (AvgIpc) is 2.85. The van der Waals surface area contributed by atoms with E-state index in [4.69, 9.17) is 5.11 Å². The van der Waals surface area contributed by atoms with Crippen molar-refractivity contribution in [2.45, 2.75) is 33.2 Å². The highest BCUT2D eigenvalue weighted by Crippen LogP contribution is 2.25. The van der Waals surface area contributed by atoms with Crippen LogP contribution in [0.15, 0.2) is 12.4 Å². The molecule has 0 bridgehead atoms. The first-order valence-electron chi connectivity index (χ1n) is 6.27. The van der Waals surface area contributed by atoms with Crippen molar-refractivity contribution in [1.82, 2.24) is 30.2 Å². The number of carboxylic acid groups (broad SMARTS) is 1. The highest BCUT2D eigenvalue weighted by atomic mass is 16.4. The second-order valence-electron chi connectivity index (χ2n) is 4.90. The van der Waals surface area contributed by atoms with Gasteiger partial charge in [-0.3, -0.25) is 9.78 Å². The summed E-state index contributed by atoms with van der Waals surface area (Å²) < 4.78 is 1.51. The van der Waals surface area contributed by atoms with Gasteiger partial charge in [0.15, 0.2) is 0 Å². The van der Waals surface area contributed by atoms with Crippen LogP contribution in [-0.2, 0) is 4.79 Å². The monoisotopic (exact) mass is 276 g/mol. The van der Waals surface area contributed by atoms with Crippen LogP contribution in [0.1, 0.15) is 32.0 Å². The van der Waals surface area contributed by atoms with Gasteiger partial charge in [0, 0.05) is 6.20 Å². The molecule has 0 spiro atoms. The zero-order chi connectivity index (χ0) is 14.7. The number of hydrogen-bond donors (Lipinski definition) is 1. The first kappa shape index (κ1) is 14.0. The number of nitrogens with zero attached hydrogens (tertiary/aromatic N) is 6. The molecule has 2 heterocycles. The van der Waals surface area contributed by atoms with Gasteiger partial charge in [0.05, 0.1) is 24.4 Å². The third kappa shape index (κ3) is 2.95. The van der Waals surface area contributed by atoms with Crippen LogP contribution < -0.4 is 0 Å². The fourth-order valence-corrected chi connectivity index (χ4v) is 1.88. The van der Waals surface area contributed by atoms with Gasteiger partial charge in [-0.25, -0.2) is 9.67 Å². The normalized spacial score (nSPS) is 12.6. The summed E-state index contributed by atoms with van der Waals surface area (Å²) in [6, 6.07) is -0.333. The molecule has 0 saturated heterocycles. The molecule has 0 radical (unpaired) electrons. The number of carboxylic acids is 1. The van der Waals surface area contributed by atoms with E-state index in [1.165, 1.54) is 4.68 Å². The van der Waals surface area contributed by atoms with Crippen LogP contribution in [0.4, 0.5) is 0 Å². The summed E-state index contributed by atoms with van der Waals surface area (Å²) in [5, 5.41) is 20.5. The van der Waals surface area contributed by atoms with Crippen molar-refractivity contribution in [3.05, 3.63) is 18.1 Å². The Morgan fingerprint density at radius 3 is 2.65 bits per heavy atom. The van der Waals surface area contributed by atoms with Crippen molar-refractivity contribution in [3.63, 3.8) is 0 Å². The molecular formula is C12H16N6O2. The minimum absolute atomic E-state index is 0.0466. The summed E-state index contributed by atoms with van der Waals surface area (Å²) in [6.45, 7) is 5.70. The Labute approximate surface area is 115 Å². The predicted octanol–water partition coefficient (Wildman–Crippen LogP) is 1.11. The van der Waals surface area contributed by atoms with Gasteiger partial charge in [-0.1, -0.05) is 13.8 Å². The topological polar surface area (TPSA) is 107 Å². The molecule has 0 aliphatic heterocycles. The van der Waals surface area contributed by atoms with Gasteiger partial charge in [-0.2, -0.15) is 0 Å². The molecular weight excluding hydrogens is 260 g/mol. The lowest BCUT2D eigenvalue weighted by Gasteiger charge is -2.19. The van der Waals surface area contributed by atoms with Crippen molar-refractivity contribution in [2.24, 2.45) is 5.92 Å². The minimum atomic E-state index is -0.889. The summed E-state index contributed by atoms with van der Waals surface area (Å²) >= 11 is 0. The van der Waals surface area contributed by atoms with Crippen LogP contribution in [0.5, 0.6) is 0 Å². The maximum atomic E-state index is 11.0. The lowest BCUT2D eigenvalue weighted by atomic mass is 10.0. The summed E-state index contributed by atoms with van der Waals surface area (Å²) in [7, 11) is 0. The van der Waals surface area contributed by atoms with Gasteiger partial charge < -0.3 is 5.11 Å². The van der Waals surface area contributed by atoms with Gasteiger partial charge >= 0.3 is 5.97 Å². The first-order chi connectivity index (χ1) is 9.49. The molecule has 1 N–H and O–H groups in total. The Hall–Kier alpha value is -2.38. The maximum Gasteiger partial charge on any atom is 0.305 e. The number of aryl methyl sites for hydroxylation is 1. The smallest absolute Gasteiger partial charge is 0.305 e. The zero-order valence-electron chi connectivity index (χ0n) is 11.6. The Kier molecular flexibility index (Phi) is 4.02. The molecule has 1 unspecified atom stereocenters. The number of tetrazole rings is 1. The number of rotatable bonds is 5. The molecule has 106 valence electrons. The predicted molar refractivity (Wildman–Crippen MR) is 69.7 cm³/mol. The minimum Gasteiger partial charge on any atom is -0.481 e. The van der Waals surface area contributed by atoms with Crippen LogP contribution >= 0.6 is 0 Å². The number of aliphatic carboxylic acids is 1. The van der Waals surface area contributed by atoms with Crippen LogP contribution in [0, 0.1) is 12.8 Å². The summed E-state index contributed by atoms with van der Waals surface area (Å²) in [4.78, 5) is 19.4. The Bertz CT molecular complexity index is 592. The zero-order valence-corrected chi connectivity index (χ0v) is 11.6. The van der Waals surface area contributed by atoms with Crippen LogP contribution in [0.25, 0.3) is 11.5 Å². The molecule has 0 aromatic carbocycles. The van der Waals surface area contributed by atoms with Gasteiger partial charge in [-0.05, 0) is 23.3 Å². The fourth-order valence-electron chi connectivity index (χ4n) is 1.88. The van der Waals surface area contributed by atoms with E-state index in [2.05, 4.69) is 25.5 Å². The SMILES string of the molecule is Cc1cnc(-c2nnnn2C(CC(=O)O)C(C)C)cn1. The first-order valence-corrected chi connectivity index (χ1v) is 6.27. The summed E-state index contributed by atoms with van der Waals surface area (Å²) in [5.41, 5.74) is 1.32. The molecule has 0 aliphatic rings.